The molecule has 0 radical (unpaired) electrons. The van der Waals surface area contributed by atoms with E-state index in [1.54, 1.807) is 30.3 Å². The molecule has 3 N–H and O–H groups in total. The van der Waals surface area contributed by atoms with Gasteiger partial charge >= 0.3 is 16.1 Å². The van der Waals surface area contributed by atoms with Gasteiger partial charge in [0.2, 0.25) is 0 Å². The summed E-state index contributed by atoms with van der Waals surface area (Å²) in [6, 6.07) is 16.1. The highest BCUT2D eigenvalue weighted by Crippen LogP contribution is 2.34. The van der Waals surface area contributed by atoms with E-state index in [0.717, 1.165) is 0 Å². The van der Waals surface area contributed by atoms with Gasteiger partial charge in [0.05, 0.1) is 0 Å². The molecule has 8 heteroatoms. The van der Waals surface area contributed by atoms with Crippen molar-refractivity contribution < 1.29 is 32.7 Å². The highest BCUT2D eigenvalue weighted by molar-refractivity contribution is 7.87. The van der Waals surface area contributed by atoms with Crippen LogP contribution in [0.3, 0.4) is 0 Å². The highest BCUT2D eigenvalue weighted by Gasteiger charge is 2.23. The highest BCUT2D eigenvalue weighted by atomic mass is 32.2. The fraction of sp³-hybridized carbons (Fsp3) is 0. The molecule has 0 fully saturated rings. The molecule has 0 amide bonds. The summed E-state index contributed by atoms with van der Waals surface area (Å²) < 4.78 is 31.1. The summed E-state index contributed by atoms with van der Waals surface area (Å²) in [7, 11) is -4.38. The standard InChI is InChI=1S/C21H14O7S/c22-18-10-13-5-7-15(9-14(13)11-19(18)23)29(26,27)28-20-16-4-2-1-3-12(16)6-8-17(20)21(24)25/h1-11,22-23H,(H,24,25). The number of phenols is 2. The third-order valence-corrected chi connectivity index (χ3v) is 5.71. The maximum absolute atomic E-state index is 12.9. The van der Waals surface area contributed by atoms with Crippen molar-refractivity contribution in [1.82, 2.24) is 0 Å². The molecule has 0 aromatic heterocycles. The molecule has 4 aromatic rings. The Labute approximate surface area is 165 Å². The molecule has 7 nitrogen and oxygen atoms in total. The molecule has 0 atom stereocenters. The van der Waals surface area contributed by atoms with Gasteiger partial charge in [0.1, 0.15) is 10.5 Å². The molecule has 0 aliphatic heterocycles. The average molecular weight is 410 g/mol. The molecule has 0 unspecified atom stereocenters. The Bertz CT molecular complexity index is 1390. The van der Waals surface area contributed by atoms with Crippen molar-refractivity contribution in [3.8, 4) is 17.2 Å². The van der Waals surface area contributed by atoms with Gasteiger partial charge in [0.25, 0.3) is 0 Å². The van der Waals surface area contributed by atoms with Crippen molar-refractivity contribution >= 4 is 37.6 Å². The van der Waals surface area contributed by atoms with E-state index in [9.17, 15) is 28.5 Å². The molecule has 0 saturated carbocycles. The lowest BCUT2D eigenvalue weighted by molar-refractivity contribution is 0.0695. The molecule has 0 heterocycles. The fourth-order valence-electron chi connectivity index (χ4n) is 3.07. The molecule has 0 aliphatic carbocycles. The average Bonchev–Trinajstić information content (AvgIpc) is 2.68. The van der Waals surface area contributed by atoms with Crippen LogP contribution < -0.4 is 4.18 Å². The van der Waals surface area contributed by atoms with Gasteiger partial charge < -0.3 is 19.5 Å². The number of phenolic OH excluding ortho intramolecular Hbond substituents is 2. The maximum Gasteiger partial charge on any atom is 0.339 e. The number of aromatic hydroxyl groups is 2. The van der Waals surface area contributed by atoms with E-state index in [1.807, 2.05) is 0 Å². The van der Waals surface area contributed by atoms with Gasteiger partial charge in [-0.25, -0.2) is 4.79 Å². The Morgan fingerprint density at radius 3 is 2.17 bits per heavy atom. The smallest absolute Gasteiger partial charge is 0.339 e. The van der Waals surface area contributed by atoms with Crippen LogP contribution in [0.5, 0.6) is 17.2 Å². The Kier molecular flexibility index (Phi) is 4.28. The lowest BCUT2D eigenvalue weighted by Crippen LogP contribution is -2.13. The number of hydrogen-bond acceptors (Lipinski definition) is 6. The predicted octanol–water partition coefficient (Wildman–Crippen LogP) is 3.87. The Balaban J connectivity index is 1.86. The van der Waals surface area contributed by atoms with E-state index in [-0.39, 0.29) is 22.0 Å². The van der Waals surface area contributed by atoms with Crippen molar-refractivity contribution in [1.29, 1.82) is 0 Å². The molecule has 0 bridgehead atoms. The zero-order valence-electron chi connectivity index (χ0n) is 14.7. The Morgan fingerprint density at radius 2 is 1.45 bits per heavy atom. The molecular formula is C21H14O7S. The summed E-state index contributed by atoms with van der Waals surface area (Å²) in [4.78, 5) is 11.4. The lowest BCUT2D eigenvalue weighted by atomic mass is 10.1. The first-order valence-corrected chi connectivity index (χ1v) is 9.82. The van der Waals surface area contributed by atoms with Crippen LogP contribution in [-0.2, 0) is 10.1 Å². The molecule has 146 valence electrons. The largest absolute Gasteiger partial charge is 0.504 e. The van der Waals surface area contributed by atoms with Crippen molar-refractivity contribution in [3.63, 3.8) is 0 Å². The predicted molar refractivity (Wildman–Crippen MR) is 106 cm³/mol. The second-order valence-corrected chi connectivity index (χ2v) is 7.90. The van der Waals surface area contributed by atoms with E-state index < -0.39 is 21.8 Å². The summed E-state index contributed by atoms with van der Waals surface area (Å²) in [6.45, 7) is 0. The number of rotatable bonds is 4. The third kappa shape index (κ3) is 3.30. The Morgan fingerprint density at radius 1 is 0.793 bits per heavy atom. The normalized spacial score (nSPS) is 11.6. The molecule has 0 spiro atoms. The number of benzene rings is 4. The fourth-order valence-corrected chi connectivity index (χ4v) is 4.07. The first-order chi connectivity index (χ1) is 13.8. The van der Waals surface area contributed by atoms with Crippen LogP contribution in [0.25, 0.3) is 21.5 Å². The minimum atomic E-state index is -4.38. The van der Waals surface area contributed by atoms with Gasteiger partial charge in [-0.1, -0.05) is 36.4 Å². The summed E-state index contributed by atoms with van der Waals surface area (Å²) >= 11 is 0. The number of hydrogen-bond donors (Lipinski definition) is 3. The summed E-state index contributed by atoms with van der Waals surface area (Å²) in [5, 5.41) is 30.6. The van der Waals surface area contributed by atoms with Crippen molar-refractivity contribution in [2.45, 2.75) is 4.90 Å². The number of carbonyl (C=O) groups is 1. The van der Waals surface area contributed by atoms with Crippen LogP contribution in [0.4, 0.5) is 0 Å². The van der Waals surface area contributed by atoms with Crippen molar-refractivity contribution in [2.75, 3.05) is 0 Å². The van der Waals surface area contributed by atoms with E-state index >= 15 is 0 Å². The number of carboxylic acid groups (broad SMARTS) is 1. The van der Waals surface area contributed by atoms with Gasteiger partial charge in [0.15, 0.2) is 17.2 Å². The minimum absolute atomic E-state index is 0.223. The third-order valence-electron chi connectivity index (χ3n) is 4.50. The van der Waals surface area contributed by atoms with Crippen LogP contribution in [0.2, 0.25) is 0 Å². The zero-order valence-corrected chi connectivity index (χ0v) is 15.6. The van der Waals surface area contributed by atoms with Crippen LogP contribution in [0.1, 0.15) is 10.4 Å². The quantitative estimate of drug-likeness (QED) is 0.345. The SMILES string of the molecule is O=C(O)c1ccc2ccccc2c1OS(=O)(=O)c1ccc2cc(O)c(O)cc2c1. The van der Waals surface area contributed by atoms with Crippen molar-refractivity contribution in [2.24, 2.45) is 0 Å². The monoisotopic (exact) mass is 410 g/mol. The Hall–Kier alpha value is -3.78. The second kappa shape index (κ2) is 6.68. The van der Waals surface area contributed by atoms with Crippen LogP contribution in [0, 0.1) is 0 Å². The molecular weight excluding hydrogens is 396 g/mol. The van der Waals surface area contributed by atoms with Crippen LogP contribution >= 0.6 is 0 Å². The summed E-state index contributed by atoms with van der Waals surface area (Å²) in [5.74, 6) is -2.31. The first kappa shape index (κ1) is 18.6. The maximum atomic E-state index is 12.9. The van der Waals surface area contributed by atoms with E-state index in [1.165, 1.54) is 36.4 Å². The molecule has 4 aromatic carbocycles. The summed E-state index contributed by atoms with van der Waals surface area (Å²) in [5.41, 5.74) is -0.282. The lowest BCUT2D eigenvalue weighted by Gasteiger charge is -2.13. The van der Waals surface area contributed by atoms with Gasteiger partial charge in [-0.3, -0.25) is 0 Å². The van der Waals surface area contributed by atoms with E-state index in [2.05, 4.69) is 0 Å². The van der Waals surface area contributed by atoms with E-state index in [4.69, 9.17) is 4.18 Å². The van der Waals surface area contributed by atoms with Gasteiger partial charge in [-0.2, -0.15) is 8.42 Å². The first-order valence-electron chi connectivity index (χ1n) is 8.41. The second-order valence-electron chi connectivity index (χ2n) is 6.36. The van der Waals surface area contributed by atoms with E-state index in [0.29, 0.717) is 21.5 Å². The molecule has 0 saturated heterocycles. The topological polar surface area (TPSA) is 121 Å². The van der Waals surface area contributed by atoms with Gasteiger partial charge in [0, 0.05) is 5.39 Å². The van der Waals surface area contributed by atoms with Gasteiger partial charge in [-0.05, 0) is 46.5 Å². The molecule has 29 heavy (non-hydrogen) atoms. The molecule has 0 aliphatic rings. The number of aromatic carboxylic acids is 1. The van der Waals surface area contributed by atoms with Crippen LogP contribution in [0.15, 0.2) is 71.6 Å². The minimum Gasteiger partial charge on any atom is -0.504 e. The number of fused-ring (bicyclic) bond motifs is 2. The number of carboxylic acids is 1. The van der Waals surface area contributed by atoms with Crippen LogP contribution in [-0.4, -0.2) is 29.7 Å². The zero-order chi connectivity index (χ0) is 20.8. The summed E-state index contributed by atoms with van der Waals surface area (Å²) in [6.07, 6.45) is 0. The van der Waals surface area contributed by atoms with Crippen molar-refractivity contribution in [3.05, 3.63) is 72.3 Å². The van der Waals surface area contributed by atoms with Gasteiger partial charge in [-0.15, -0.1) is 0 Å². The molecule has 4 rings (SSSR count).